The van der Waals surface area contributed by atoms with E-state index >= 15 is 0 Å². The highest BCUT2D eigenvalue weighted by Gasteiger charge is 2.07. The molecule has 0 atom stereocenters. The van der Waals surface area contributed by atoms with Crippen LogP contribution < -0.4 is 10.1 Å². The molecule has 0 aliphatic rings. The van der Waals surface area contributed by atoms with Crippen molar-refractivity contribution in [2.45, 2.75) is 13.1 Å². The van der Waals surface area contributed by atoms with E-state index in [0.717, 1.165) is 17.1 Å². The van der Waals surface area contributed by atoms with Crippen LogP contribution in [0.2, 0.25) is 5.02 Å². The molecule has 2 aromatic rings. The average molecular weight is 264 g/mol. The van der Waals surface area contributed by atoms with Gasteiger partial charge in [0.2, 0.25) is 0 Å². The topological polar surface area (TPSA) is 47.0 Å². The van der Waals surface area contributed by atoms with Crippen molar-refractivity contribution in [1.82, 2.24) is 15.3 Å². The predicted octanol–water partition coefficient (Wildman–Crippen LogP) is 2.43. The van der Waals surface area contributed by atoms with Crippen molar-refractivity contribution in [1.29, 1.82) is 0 Å². The lowest BCUT2D eigenvalue weighted by Crippen LogP contribution is -2.15. The Bertz CT molecular complexity index is 505. The number of rotatable bonds is 5. The fourth-order valence-electron chi connectivity index (χ4n) is 1.62. The van der Waals surface area contributed by atoms with E-state index in [2.05, 4.69) is 15.3 Å². The lowest BCUT2D eigenvalue weighted by atomic mass is 10.2. The minimum Gasteiger partial charge on any atom is -0.496 e. The lowest BCUT2D eigenvalue weighted by molar-refractivity contribution is 0.407. The number of hydrogen-bond acceptors (Lipinski definition) is 4. The first-order valence-corrected chi connectivity index (χ1v) is 5.97. The molecule has 0 spiro atoms. The quantitative estimate of drug-likeness (QED) is 0.900. The second-order valence-corrected chi connectivity index (χ2v) is 4.10. The lowest BCUT2D eigenvalue weighted by Gasteiger charge is -2.10. The highest BCUT2D eigenvalue weighted by molar-refractivity contribution is 6.31. The molecule has 0 saturated heterocycles. The number of nitrogens with one attached hydrogen (secondary N) is 1. The summed E-state index contributed by atoms with van der Waals surface area (Å²) >= 11 is 6.14. The molecule has 0 fully saturated rings. The molecule has 1 aromatic carbocycles. The molecule has 0 bridgehead atoms. The molecule has 0 aliphatic heterocycles. The summed E-state index contributed by atoms with van der Waals surface area (Å²) in [6.45, 7) is 1.20. The van der Waals surface area contributed by atoms with Crippen LogP contribution in [0.15, 0.2) is 36.7 Å². The molecule has 1 aromatic heterocycles. The van der Waals surface area contributed by atoms with Crippen molar-refractivity contribution in [3.05, 3.63) is 53.1 Å². The molecule has 0 radical (unpaired) electrons. The third kappa shape index (κ3) is 3.18. The molecule has 94 valence electrons. The summed E-state index contributed by atoms with van der Waals surface area (Å²) in [5, 5.41) is 3.93. The van der Waals surface area contributed by atoms with Crippen LogP contribution in [-0.4, -0.2) is 17.1 Å². The molecule has 0 unspecified atom stereocenters. The summed E-state index contributed by atoms with van der Waals surface area (Å²) in [6.07, 6.45) is 3.44. The molecule has 0 aliphatic carbocycles. The number of methoxy groups -OCH3 is 1. The fourth-order valence-corrected chi connectivity index (χ4v) is 1.85. The van der Waals surface area contributed by atoms with Gasteiger partial charge >= 0.3 is 0 Å². The molecule has 1 N–H and O–H groups in total. The summed E-state index contributed by atoms with van der Waals surface area (Å²) in [6, 6.07) is 7.40. The van der Waals surface area contributed by atoms with E-state index in [-0.39, 0.29) is 0 Å². The van der Waals surface area contributed by atoms with Gasteiger partial charge < -0.3 is 10.1 Å². The number of benzene rings is 1. The molecular formula is C13H14ClN3O. The van der Waals surface area contributed by atoms with E-state index in [4.69, 9.17) is 16.3 Å². The molecule has 5 heteroatoms. The van der Waals surface area contributed by atoms with Gasteiger partial charge in [-0.25, -0.2) is 9.97 Å². The van der Waals surface area contributed by atoms with Gasteiger partial charge in [0.25, 0.3) is 0 Å². The minimum absolute atomic E-state index is 0.592. The Labute approximate surface area is 111 Å². The van der Waals surface area contributed by atoms with E-state index in [0.29, 0.717) is 18.1 Å². The van der Waals surface area contributed by atoms with Gasteiger partial charge in [-0.1, -0.05) is 17.7 Å². The van der Waals surface area contributed by atoms with Gasteiger partial charge in [0, 0.05) is 29.5 Å². The average Bonchev–Trinajstić information content (AvgIpc) is 2.41. The van der Waals surface area contributed by atoms with Crippen molar-refractivity contribution in [2.75, 3.05) is 7.11 Å². The second kappa shape index (κ2) is 6.33. The van der Waals surface area contributed by atoms with Crippen molar-refractivity contribution >= 4 is 11.6 Å². The number of hydrogen-bond donors (Lipinski definition) is 1. The summed E-state index contributed by atoms with van der Waals surface area (Å²) < 4.78 is 5.27. The predicted molar refractivity (Wildman–Crippen MR) is 70.6 cm³/mol. The van der Waals surface area contributed by atoms with Crippen molar-refractivity contribution in [3.63, 3.8) is 0 Å². The van der Waals surface area contributed by atoms with Crippen LogP contribution in [0.5, 0.6) is 5.75 Å². The maximum atomic E-state index is 6.14. The maximum absolute atomic E-state index is 6.14. The molecule has 18 heavy (non-hydrogen) atoms. The van der Waals surface area contributed by atoms with Crippen LogP contribution in [0.3, 0.4) is 0 Å². The molecule has 1 heterocycles. The van der Waals surface area contributed by atoms with Gasteiger partial charge in [0.15, 0.2) is 0 Å². The zero-order valence-corrected chi connectivity index (χ0v) is 10.8. The summed E-state index contributed by atoms with van der Waals surface area (Å²) in [7, 11) is 1.63. The highest BCUT2D eigenvalue weighted by atomic mass is 35.5. The van der Waals surface area contributed by atoms with Crippen LogP contribution >= 0.6 is 11.6 Å². The van der Waals surface area contributed by atoms with E-state index in [1.807, 2.05) is 18.2 Å². The Morgan fingerprint density at radius 1 is 1.17 bits per heavy atom. The van der Waals surface area contributed by atoms with Crippen molar-refractivity contribution < 1.29 is 4.74 Å². The first-order chi connectivity index (χ1) is 8.81. The maximum Gasteiger partial charge on any atom is 0.141 e. The minimum atomic E-state index is 0.592. The zero-order valence-electron chi connectivity index (χ0n) is 10.1. The van der Waals surface area contributed by atoms with Crippen LogP contribution in [0.25, 0.3) is 0 Å². The van der Waals surface area contributed by atoms with Crippen LogP contribution in [-0.2, 0) is 13.1 Å². The monoisotopic (exact) mass is 263 g/mol. The molecule has 4 nitrogen and oxygen atoms in total. The van der Waals surface area contributed by atoms with Gasteiger partial charge in [-0.15, -0.1) is 0 Å². The number of aromatic nitrogens is 2. The van der Waals surface area contributed by atoms with E-state index < -0.39 is 0 Å². The Morgan fingerprint density at radius 2 is 1.94 bits per heavy atom. The normalized spacial score (nSPS) is 10.3. The highest BCUT2D eigenvalue weighted by Crippen LogP contribution is 2.25. The Kier molecular flexibility index (Phi) is 4.50. The van der Waals surface area contributed by atoms with Gasteiger partial charge in [-0.05, 0) is 18.2 Å². The van der Waals surface area contributed by atoms with E-state index in [1.54, 1.807) is 25.6 Å². The van der Waals surface area contributed by atoms with Crippen LogP contribution in [0.4, 0.5) is 0 Å². The van der Waals surface area contributed by atoms with Gasteiger partial charge in [-0.2, -0.15) is 0 Å². The zero-order chi connectivity index (χ0) is 12.8. The standard InChI is InChI=1S/C13H14ClN3O/c1-18-12-5-2-4-11(14)10(12)8-15-9-13-16-6-3-7-17-13/h2-7,15H,8-9H2,1H3. The van der Waals surface area contributed by atoms with Gasteiger partial charge in [-0.3, -0.25) is 0 Å². The van der Waals surface area contributed by atoms with Crippen LogP contribution in [0.1, 0.15) is 11.4 Å². The third-order valence-corrected chi connectivity index (χ3v) is 2.85. The summed E-state index contributed by atoms with van der Waals surface area (Å²) in [5.74, 6) is 1.53. The first-order valence-electron chi connectivity index (χ1n) is 5.59. The van der Waals surface area contributed by atoms with Crippen molar-refractivity contribution in [3.8, 4) is 5.75 Å². The summed E-state index contributed by atoms with van der Waals surface area (Å²) in [4.78, 5) is 8.27. The van der Waals surface area contributed by atoms with E-state index in [1.165, 1.54) is 0 Å². The van der Waals surface area contributed by atoms with Gasteiger partial charge in [0.1, 0.15) is 11.6 Å². The van der Waals surface area contributed by atoms with Crippen LogP contribution in [0, 0.1) is 0 Å². The number of halogens is 1. The third-order valence-electron chi connectivity index (χ3n) is 2.50. The number of ether oxygens (including phenoxy) is 1. The largest absolute Gasteiger partial charge is 0.496 e. The first kappa shape index (κ1) is 12.8. The number of nitrogens with zero attached hydrogens (tertiary/aromatic N) is 2. The Hall–Kier alpha value is -1.65. The van der Waals surface area contributed by atoms with Crippen molar-refractivity contribution in [2.24, 2.45) is 0 Å². The second-order valence-electron chi connectivity index (χ2n) is 3.69. The molecule has 0 saturated carbocycles. The Morgan fingerprint density at radius 3 is 2.67 bits per heavy atom. The SMILES string of the molecule is COc1cccc(Cl)c1CNCc1ncccn1. The molecular weight excluding hydrogens is 250 g/mol. The molecule has 0 amide bonds. The smallest absolute Gasteiger partial charge is 0.141 e. The Balaban J connectivity index is 1.98. The van der Waals surface area contributed by atoms with E-state index in [9.17, 15) is 0 Å². The fraction of sp³-hybridized carbons (Fsp3) is 0.231. The van der Waals surface area contributed by atoms with Gasteiger partial charge in [0.05, 0.1) is 13.7 Å². The molecule has 2 rings (SSSR count). The summed E-state index contributed by atoms with van der Waals surface area (Å²) in [5.41, 5.74) is 0.942.